The summed E-state index contributed by atoms with van der Waals surface area (Å²) in [6, 6.07) is 13.7. The van der Waals surface area contributed by atoms with Crippen molar-refractivity contribution < 1.29 is 9.50 Å². The SMILES string of the molecule is Cc1nn(CC2CCCCN2)c(=O)c(CCc2cccc(F)c2)c1-c1ccccc1O. The molecule has 6 heteroatoms. The molecule has 2 aromatic carbocycles. The topological polar surface area (TPSA) is 67.2 Å². The van der Waals surface area contributed by atoms with Crippen molar-refractivity contribution in [2.24, 2.45) is 0 Å². The minimum Gasteiger partial charge on any atom is -0.507 e. The Morgan fingerprint density at radius 3 is 2.74 bits per heavy atom. The molecule has 162 valence electrons. The minimum atomic E-state index is -0.287. The fourth-order valence-corrected chi connectivity index (χ4v) is 4.41. The van der Waals surface area contributed by atoms with E-state index in [1.807, 2.05) is 19.1 Å². The predicted molar refractivity (Wildman–Crippen MR) is 120 cm³/mol. The number of halogens is 1. The largest absolute Gasteiger partial charge is 0.507 e. The molecule has 31 heavy (non-hydrogen) atoms. The van der Waals surface area contributed by atoms with E-state index >= 15 is 0 Å². The van der Waals surface area contributed by atoms with Crippen molar-refractivity contribution >= 4 is 0 Å². The van der Waals surface area contributed by atoms with Gasteiger partial charge in [0.1, 0.15) is 11.6 Å². The summed E-state index contributed by atoms with van der Waals surface area (Å²) >= 11 is 0. The third-order valence-corrected chi connectivity index (χ3v) is 5.96. The molecule has 1 aromatic heterocycles. The number of hydrogen-bond acceptors (Lipinski definition) is 4. The van der Waals surface area contributed by atoms with Gasteiger partial charge in [0.2, 0.25) is 0 Å². The van der Waals surface area contributed by atoms with E-state index in [0.29, 0.717) is 41.8 Å². The molecule has 0 saturated carbocycles. The van der Waals surface area contributed by atoms with E-state index in [1.165, 1.54) is 12.1 Å². The maximum absolute atomic E-state index is 13.6. The van der Waals surface area contributed by atoms with Crippen LogP contribution in [-0.4, -0.2) is 27.5 Å². The van der Waals surface area contributed by atoms with Crippen LogP contribution in [-0.2, 0) is 19.4 Å². The molecule has 1 aliphatic rings. The van der Waals surface area contributed by atoms with Gasteiger partial charge in [-0.15, -0.1) is 0 Å². The molecule has 5 nitrogen and oxygen atoms in total. The van der Waals surface area contributed by atoms with Crippen molar-refractivity contribution in [3.8, 4) is 16.9 Å². The molecular weight excluding hydrogens is 393 g/mol. The van der Waals surface area contributed by atoms with Gasteiger partial charge in [-0.05, 0) is 62.9 Å². The second kappa shape index (κ2) is 9.43. The lowest BCUT2D eigenvalue weighted by Gasteiger charge is -2.24. The van der Waals surface area contributed by atoms with E-state index in [2.05, 4.69) is 10.4 Å². The molecule has 4 rings (SSSR count). The van der Waals surface area contributed by atoms with Crippen LogP contribution in [0.3, 0.4) is 0 Å². The lowest BCUT2D eigenvalue weighted by Crippen LogP contribution is -2.41. The average Bonchev–Trinajstić information content (AvgIpc) is 2.76. The summed E-state index contributed by atoms with van der Waals surface area (Å²) in [6.45, 7) is 3.35. The van der Waals surface area contributed by atoms with Crippen LogP contribution >= 0.6 is 0 Å². The zero-order chi connectivity index (χ0) is 21.8. The number of benzene rings is 2. The van der Waals surface area contributed by atoms with Gasteiger partial charge in [-0.1, -0.05) is 36.8 Å². The Morgan fingerprint density at radius 1 is 1.16 bits per heavy atom. The van der Waals surface area contributed by atoms with Crippen LogP contribution in [0.1, 0.15) is 36.1 Å². The van der Waals surface area contributed by atoms with E-state index < -0.39 is 0 Å². The molecule has 0 spiro atoms. The van der Waals surface area contributed by atoms with Gasteiger partial charge in [0.05, 0.1) is 12.2 Å². The quantitative estimate of drug-likeness (QED) is 0.632. The van der Waals surface area contributed by atoms with Gasteiger partial charge in [0.25, 0.3) is 5.56 Å². The van der Waals surface area contributed by atoms with Gasteiger partial charge < -0.3 is 10.4 Å². The highest BCUT2D eigenvalue weighted by Crippen LogP contribution is 2.32. The maximum atomic E-state index is 13.6. The first-order valence-electron chi connectivity index (χ1n) is 10.9. The number of aromatic nitrogens is 2. The van der Waals surface area contributed by atoms with E-state index in [9.17, 15) is 14.3 Å². The Kier molecular flexibility index (Phi) is 6.47. The fraction of sp³-hybridized carbons (Fsp3) is 0.360. The molecule has 3 aromatic rings. The summed E-state index contributed by atoms with van der Waals surface area (Å²) in [4.78, 5) is 13.5. The van der Waals surface area contributed by atoms with Crippen molar-refractivity contribution in [2.45, 2.75) is 51.6 Å². The summed E-state index contributed by atoms with van der Waals surface area (Å²) in [7, 11) is 0. The van der Waals surface area contributed by atoms with E-state index in [1.54, 1.807) is 28.9 Å². The highest BCUT2D eigenvalue weighted by molar-refractivity contribution is 5.74. The molecule has 1 aliphatic heterocycles. The summed E-state index contributed by atoms with van der Waals surface area (Å²) in [5.74, 6) is -0.171. The molecule has 0 amide bonds. The lowest BCUT2D eigenvalue weighted by atomic mass is 9.94. The predicted octanol–water partition coefficient (Wildman–Crippen LogP) is 3.99. The summed E-state index contributed by atoms with van der Waals surface area (Å²) < 4.78 is 15.2. The number of phenols is 1. The first-order chi connectivity index (χ1) is 15.0. The van der Waals surface area contributed by atoms with Crippen LogP contribution < -0.4 is 10.9 Å². The third kappa shape index (κ3) is 4.85. The number of piperidine rings is 1. The lowest BCUT2D eigenvalue weighted by molar-refractivity contribution is 0.343. The maximum Gasteiger partial charge on any atom is 0.270 e. The molecule has 0 aliphatic carbocycles. The van der Waals surface area contributed by atoms with Crippen molar-refractivity contribution in [1.29, 1.82) is 0 Å². The summed E-state index contributed by atoms with van der Waals surface area (Å²) in [6.07, 6.45) is 4.29. The Balaban J connectivity index is 1.75. The first kappa shape index (κ1) is 21.2. The van der Waals surface area contributed by atoms with Gasteiger partial charge >= 0.3 is 0 Å². The molecular formula is C25H28FN3O2. The molecule has 1 fully saturated rings. The van der Waals surface area contributed by atoms with Crippen LogP contribution in [0.2, 0.25) is 0 Å². The number of phenolic OH excluding ortho intramolecular Hbond substituents is 1. The smallest absolute Gasteiger partial charge is 0.270 e. The minimum absolute atomic E-state index is 0.116. The van der Waals surface area contributed by atoms with E-state index in [0.717, 1.165) is 31.4 Å². The molecule has 1 atom stereocenters. The second-order valence-corrected chi connectivity index (χ2v) is 8.22. The van der Waals surface area contributed by atoms with Crippen LogP contribution in [0.5, 0.6) is 5.75 Å². The van der Waals surface area contributed by atoms with Crippen molar-refractivity contribution in [3.63, 3.8) is 0 Å². The monoisotopic (exact) mass is 421 g/mol. The number of aromatic hydroxyl groups is 1. The highest BCUT2D eigenvalue weighted by Gasteiger charge is 2.21. The number of nitrogens with one attached hydrogen (secondary N) is 1. The normalized spacial score (nSPS) is 16.4. The summed E-state index contributed by atoms with van der Waals surface area (Å²) in [5, 5.41) is 18.5. The summed E-state index contributed by atoms with van der Waals surface area (Å²) in [5.41, 5.74) is 3.26. The Morgan fingerprint density at radius 2 is 2.00 bits per heavy atom. The fourth-order valence-electron chi connectivity index (χ4n) is 4.41. The molecule has 2 heterocycles. The standard InChI is InChI=1S/C25H28FN3O2/c1-17-24(21-10-2-3-11-23(21)30)22(13-12-18-7-6-8-19(26)15-18)25(31)29(28-17)16-20-9-4-5-14-27-20/h2-3,6-8,10-11,15,20,27,30H,4-5,9,12-14,16H2,1H3. The van der Waals surface area contributed by atoms with Gasteiger partial charge in [-0.3, -0.25) is 4.79 Å². The van der Waals surface area contributed by atoms with Gasteiger partial charge in [-0.25, -0.2) is 9.07 Å². The Hall–Kier alpha value is -2.99. The molecule has 0 radical (unpaired) electrons. The van der Waals surface area contributed by atoms with Crippen LogP contribution in [0.25, 0.3) is 11.1 Å². The highest BCUT2D eigenvalue weighted by atomic mass is 19.1. The van der Waals surface area contributed by atoms with E-state index in [4.69, 9.17) is 0 Å². The number of nitrogens with zero attached hydrogens (tertiary/aromatic N) is 2. The van der Waals surface area contributed by atoms with Gasteiger partial charge in [-0.2, -0.15) is 5.10 Å². The zero-order valence-electron chi connectivity index (χ0n) is 17.8. The van der Waals surface area contributed by atoms with E-state index in [-0.39, 0.29) is 23.2 Å². The molecule has 2 N–H and O–H groups in total. The van der Waals surface area contributed by atoms with Gasteiger partial charge in [0.15, 0.2) is 0 Å². The number of rotatable bonds is 6. The van der Waals surface area contributed by atoms with Crippen molar-refractivity contribution in [3.05, 3.63) is 81.5 Å². The number of aryl methyl sites for hydroxylation is 2. The Labute approximate surface area is 181 Å². The second-order valence-electron chi connectivity index (χ2n) is 8.22. The van der Waals surface area contributed by atoms with Crippen LogP contribution in [0.15, 0.2) is 53.3 Å². The molecule has 1 saturated heterocycles. The van der Waals surface area contributed by atoms with Gasteiger partial charge in [0, 0.05) is 22.7 Å². The number of para-hydroxylation sites is 1. The van der Waals surface area contributed by atoms with Crippen molar-refractivity contribution in [2.75, 3.05) is 6.54 Å². The third-order valence-electron chi connectivity index (χ3n) is 5.96. The Bertz CT molecular complexity index is 1120. The average molecular weight is 422 g/mol. The van der Waals surface area contributed by atoms with Crippen molar-refractivity contribution in [1.82, 2.24) is 15.1 Å². The van der Waals surface area contributed by atoms with Crippen LogP contribution in [0, 0.1) is 12.7 Å². The molecule has 1 unspecified atom stereocenters. The van der Waals surface area contributed by atoms with Crippen LogP contribution in [0.4, 0.5) is 4.39 Å². The number of hydrogen-bond donors (Lipinski definition) is 2. The zero-order valence-corrected chi connectivity index (χ0v) is 17.8. The first-order valence-corrected chi connectivity index (χ1v) is 10.9. The molecule has 0 bridgehead atoms.